The summed E-state index contributed by atoms with van der Waals surface area (Å²) in [5.74, 6) is -0.0224. The van der Waals surface area contributed by atoms with Gasteiger partial charge in [0.2, 0.25) is 11.1 Å². The average molecular weight is 280 g/mol. The Morgan fingerprint density at radius 2 is 2.05 bits per heavy atom. The van der Waals surface area contributed by atoms with Crippen LogP contribution < -0.4 is 10.8 Å². The van der Waals surface area contributed by atoms with E-state index in [1.807, 2.05) is 25.1 Å². The van der Waals surface area contributed by atoms with Gasteiger partial charge < -0.3 is 10.4 Å². The Morgan fingerprint density at radius 3 is 2.74 bits per heavy atom. The molecule has 0 saturated heterocycles. The third-order valence-electron chi connectivity index (χ3n) is 2.70. The molecule has 2 aromatic carbocycles. The third-order valence-corrected chi connectivity index (χ3v) is 3.71. The maximum absolute atomic E-state index is 11.8. The Morgan fingerprint density at radius 1 is 1.26 bits per heavy atom. The first-order chi connectivity index (χ1) is 9.19. The van der Waals surface area contributed by atoms with Crippen LogP contribution in [0.5, 0.6) is 5.75 Å². The number of rotatable bonds is 5. The van der Waals surface area contributed by atoms with E-state index in [9.17, 15) is 9.32 Å². The largest absolute Gasteiger partial charge is 0.506 e. The summed E-state index contributed by atoms with van der Waals surface area (Å²) in [6.07, 6.45) is 0. The smallest absolute Gasteiger partial charge is 0.210 e. The molecule has 0 saturated carbocycles. The van der Waals surface area contributed by atoms with Gasteiger partial charge in [-0.3, -0.25) is 0 Å². The molecule has 0 fully saturated rings. The normalized spacial score (nSPS) is 12.5. The summed E-state index contributed by atoms with van der Waals surface area (Å²) in [6.45, 7) is 2.79. The number of fused-ring (bicyclic) bond motifs is 1. The van der Waals surface area contributed by atoms with Gasteiger partial charge in [0.25, 0.3) is 0 Å². The molecule has 102 valence electrons. The second-order valence-electron chi connectivity index (χ2n) is 3.87. The van der Waals surface area contributed by atoms with Crippen molar-refractivity contribution < 1.29 is 13.6 Å². The monoisotopic (exact) mass is 280 g/mol. The van der Waals surface area contributed by atoms with Gasteiger partial charge in [0.05, 0.1) is 0 Å². The first kappa shape index (κ1) is 13.8. The fourth-order valence-corrected chi connectivity index (χ4v) is 2.61. The molecule has 19 heavy (non-hydrogen) atoms. The maximum Gasteiger partial charge on any atom is 0.210 e. The van der Waals surface area contributed by atoms with Crippen LogP contribution in [0, 0.1) is 0 Å². The third kappa shape index (κ3) is 2.70. The van der Waals surface area contributed by atoms with Gasteiger partial charge in [0.1, 0.15) is 10.6 Å². The molecule has 5 nitrogen and oxygen atoms in total. The van der Waals surface area contributed by atoms with Crippen molar-refractivity contribution in [3.63, 3.8) is 0 Å². The molecule has 0 bridgehead atoms. The van der Waals surface area contributed by atoms with E-state index in [4.69, 9.17) is 4.28 Å². The summed E-state index contributed by atoms with van der Waals surface area (Å²) in [5.41, 5.74) is 3.28. The number of phenolic OH excluding ortho intramolecular Hbond substituents is 1. The van der Waals surface area contributed by atoms with Gasteiger partial charge in [0, 0.05) is 30.1 Å². The number of anilines is 1. The highest BCUT2D eigenvalue weighted by Crippen LogP contribution is 2.34. The molecule has 0 amide bonds. The number of hydroxylamine groups is 1. The molecule has 3 N–H and O–H groups in total. The van der Waals surface area contributed by atoms with Crippen molar-refractivity contribution in [1.29, 1.82) is 0 Å². The van der Waals surface area contributed by atoms with Crippen LogP contribution in [0.25, 0.3) is 10.8 Å². The van der Waals surface area contributed by atoms with Crippen LogP contribution >= 0.6 is 0 Å². The number of hydrogen-bond donors (Lipinski definition) is 3. The van der Waals surface area contributed by atoms with Crippen molar-refractivity contribution in [2.45, 2.75) is 11.8 Å². The summed E-state index contributed by atoms with van der Waals surface area (Å²) in [6, 6.07) is 8.98. The fraction of sp³-hybridized carbons (Fsp3) is 0.231. The van der Waals surface area contributed by atoms with E-state index >= 15 is 0 Å². The van der Waals surface area contributed by atoms with Crippen LogP contribution in [0.2, 0.25) is 0 Å². The summed E-state index contributed by atoms with van der Waals surface area (Å²) in [5, 5.41) is 15.0. The van der Waals surface area contributed by atoms with Gasteiger partial charge >= 0.3 is 0 Å². The van der Waals surface area contributed by atoms with Crippen molar-refractivity contribution >= 4 is 27.5 Å². The molecule has 6 heteroatoms. The minimum Gasteiger partial charge on any atom is -0.506 e. The number of phenols is 1. The number of nitrogens with one attached hydrogen (secondary N) is 2. The van der Waals surface area contributed by atoms with Gasteiger partial charge in [-0.15, -0.1) is 0 Å². The van der Waals surface area contributed by atoms with Gasteiger partial charge in [0.15, 0.2) is 0 Å². The van der Waals surface area contributed by atoms with Crippen molar-refractivity contribution in [1.82, 2.24) is 5.48 Å². The maximum atomic E-state index is 11.8. The molecule has 0 heterocycles. The van der Waals surface area contributed by atoms with Crippen LogP contribution in [0.15, 0.2) is 35.2 Å². The summed E-state index contributed by atoms with van der Waals surface area (Å²) < 4.78 is 16.6. The van der Waals surface area contributed by atoms with Crippen LogP contribution in [0.3, 0.4) is 0 Å². The van der Waals surface area contributed by atoms with E-state index in [-0.39, 0.29) is 10.6 Å². The molecule has 0 spiro atoms. The van der Waals surface area contributed by atoms with E-state index in [0.29, 0.717) is 5.39 Å². The predicted molar refractivity (Wildman–Crippen MR) is 76.3 cm³/mol. The molecule has 0 radical (unpaired) electrons. The van der Waals surface area contributed by atoms with Crippen molar-refractivity contribution in [3.05, 3.63) is 30.3 Å². The lowest BCUT2D eigenvalue weighted by Gasteiger charge is -2.11. The van der Waals surface area contributed by atoms with Crippen molar-refractivity contribution in [2.24, 2.45) is 0 Å². The number of aromatic hydroxyl groups is 1. The van der Waals surface area contributed by atoms with Crippen LogP contribution in [-0.2, 0) is 15.4 Å². The van der Waals surface area contributed by atoms with Gasteiger partial charge in [-0.05, 0) is 19.1 Å². The molecule has 0 aliphatic carbocycles. The Hall–Kier alpha value is -1.63. The van der Waals surface area contributed by atoms with Crippen molar-refractivity contribution in [3.8, 4) is 5.75 Å². The lowest BCUT2D eigenvalue weighted by molar-refractivity contribution is 0.251. The molecule has 1 unspecified atom stereocenters. The van der Waals surface area contributed by atoms with E-state index in [1.165, 1.54) is 7.05 Å². The Balaban J connectivity index is 2.56. The van der Waals surface area contributed by atoms with E-state index < -0.39 is 11.1 Å². The second-order valence-corrected chi connectivity index (χ2v) is 4.94. The Bertz CT molecular complexity index is 616. The molecular weight excluding hydrogens is 264 g/mol. The minimum atomic E-state index is -1.74. The quantitative estimate of drug-likeness (QED) is 0.732. The number of benzene rings is 2. The Kier molecular flexibility index (Phi) is 4.36. The van der Waals surface area contributed by atoms with Gasteiger partial charge in [-0.25, -0.2) is 4.21 Å². The SMILES string of the molecule is CCNc1cccc2c(O)c(S(=O)ONC)ccc12. The van der Waals surface area contributed by atoms with Crippen LogP contribution in [-0.4, -0.2) is 22.9 Å². The zero-order chi connectivity index (χ0) is 13.8. The summed E-state index contributed by atoms with van der Waals surface area (Å²) in [7, 11) is 1.51. The van der Waals surface area contributed by atoms with Gasteiger partial charge in [-0.1, -0.05) is 18.2 Å². The summed E-state index contributed by atoms with van der Waals surface area (Å²) in [4.78, 5) is 0.246. The number of hydrogen-bond acceptors (Lipinski definition) is 5. The van der Waals surface area contributed by atoms with E-state index in [2.05, 4.69) is 10.8 Å². The molecule has 1 atom stereocenters. The minimum absolute atomic E-state index is 0.0224. The van der Waals surface area contributed by atoms with Crippen LogP contribution in [0.4, 0.5) is 5.69 Å². The van der Waals surface area contributed by atoms with Crippen LogP contribution in [0.1, 0.15) is 6.92 Å². The fourth-order valence-electron chi connectivity index (χ4n) is 1.92. The lowest BCUT2D eigenvalue weighted by Crippen LogP contribution is -2.10. The topological polar surface area (TPSA) is 70.6 Å². The first-order valence-corrected chi connectivity index (χ1v) is 7.01. The lowest BCUT2D eigenvalue weighted by atomic mass is 10.1. The molecule has 2 aromatic rings. The van der Waals surface area contributed by atoms with Gasteiger partial charge in [-0.2, -0.15) is 9.76 Å². The highest BCUT2D eigenvalue weighted by atomic mass is 32.2. The Labute approximate surface area is 114 Å². The van der Waals surface area contributed by atoms with Crippen molar-refractivity contribution in [2.75, 3.05) is 18.9 Å². The van der Waals surface area contributed by atoms with E-state index in [1.54, 1.807) is 12.1 Å². The van der Waals surface area contributed by atoms with E-state index in [0.717, 1.165) is 17.6 Å². The zero-order valence-corrected chi connectivity index (χ0v) is 11.6. The molecular formula is C13H16N2O3S. The highest BCUT2D eigenvalue weighted by Gasteiger charge is 2.14. The highest BCUT2D eigenvalue weighted by molar-refractivity contribution is 7.80. The summed E-state index contributed by atoms with van der Waals surface area (Å²) >= 11 is -1.74. The standard InChI is InChI=1S/C13H16N2O3S/c1-3-15-11-6-4-5-10-9(11)7-8-12(13(10)16)19(17)18-14-2/h4-8,14-16H,3H2,1-2H3. The average Bonchev–Trinajstić information content (AvgIpc) is 2.40. The predicted octanol–water partition coefficient (Wildman–Crippen LogP) is 2.15. The molecule has 0 aliphatic heterocycles. The molecule has 2 rings (SSSR count). The second kappa shape index (κ2) is 6.01. The molecule has 0 aliphatic rings. The molecule has 0 aromatic heterocycles. The zero-order valence-electron chi connectivity index (χ0n) is 10.8. The first-order valence-electron chi connectivity index (χ1n) is 5.93.